The molecule has 1 heterocycles. The molecule has 1 unspecified atom stereocenters. The standard InChI is InChI=1S/C20H24N2O2/c1-20(24-14-13-21(2)3)17-11-7-8-12-18(17)22(19(20)23)15-16-9-5-4-6-10-16/h4-12H,13-15H2,1-3H3. The van der Waals surface area contributed by atoms with Crippen LogP contribution in [0.25, 0.3) is 0 Å². The SMILES string of the molecule is CN(C)CCOC1(C)C(=O)N(Cc2ccccc2)c2ccccc21. The van der Waals surface area contributed by atoms with Gasteiger partial charge in [-0.3, -0.25) is 4.79 Å². The van der Waals surface area contributed by atoms with Crippen molar-refractivity contribution < 1.29 is 9.53 Å². The van der Waals surface area contributed by atoms with Crippen LogP contribution in [0.15, 0.2) is 54.6 Å². The minimum Gasteiger partial charge on any atom is -0.359 e. The van der Waals surface area contributed by atoms with E-state index in [1.807, 2.05) is 80.5 Å². The lowest BCUT2D eigenvalue weighted by molar-refractivity contribution is -0.141. The number of likely N-dealkylation sites (N-methyl/N-ethyl adjacent to an activating group) is 1. The fraction of sp³-hybridized carbons (Fsp3) is 0.350. The lowest BCUT2D eigenvalue weighted by Crippen LogP contribution is -2.41. The molecule has 0 radical (unpaired) electrons. The Kier molecular flexibility index (Phi) is 4.69. The van der Waals surface area contributed by atoms with Gasteiger partial charge in [-0.2, -0.15) is 0 Å². The summed E-state index contributed by atoms with van der Waals surface area (Å²) in [5.41, 5.74) is 2.09. The quantitative estimate of drug-likeness (QED) is 0.819. The van der Waals surface area contributed by atoms with Gasteiger partial charge in [0.2, 0.25) is 0 Å². The lowest BCUT2D eigenvalue weighted by atomic mass is 9.97. The third kappa shape index (κ3) is 3.07. The number of nitrogens with zero attached hydrogens (tertiary/aromatic N) is 2. The van der Waals surface area contributed by atoms with Crippen LogP contribution in [0.3, 0.4) is 0 Å². The zero-order chi connectivity index (χ0) is 17.2. The van der Waals surface area contributed by atoms with Crippen LogP contribution >= 0.6 is 0 Å². The lowest BCUT2D eigenvalue weighted by Gasteiger charge is -2.26. The van der Waals surface area contributed by atoms with Crippen molar-refractivity contribution in [3.05, 3.63) is 65.7 Å². The summed E-state index contributed by atoms with van der Waals surface area (Å²) < 4.78 is 6.08. The predicted octanol–water partition coefficient (Wildman–Crippen LogP) is 3.03. The molecule has 0 N–H and O–H groups in total. The first-order valence-corrected chi connectivity index (χ1v) is 8.26. The van der Waals surface area contributed by atoms with Crippen LogP contribution < -0.4 is 4.90 Å². The number of rotatable bonds is 6. The minimum absolute atomic E-state index is 0.00584. The Morgan fingerprint density at radius 2 is 1.71 bits per heavy atom. The number of anilines is 1. The van der Waals surface area contributed by atoms with E-state index in [1.54, 1.807) is 0 Å². The first kappa shape index (κ1) is 16.7. The van der Waals surface area contributed by atoms with Gasteiger partial charge in [-0.15, -0.1) is 0 Å². The summed E-state index contributed by atoms with van der Waals surface area (Å²) in [5, 5.41) is 0. The van der Waals surface area contributed by atoms with E-state index in [9.17, 15) is 4.79 Å². The van der Waals surface area contributed by atoms with E-state index in [0.29, 0.717) is 13.2 Å². The second-order valence-corrected chi connectivity index (χ2v) is 6.58. The molecule has 2 aromatic rings. The van der Waals surface area contributed by atoms with E-state index < -0.39 is 5.60 Å². The Hall–Kier alpha value is -2.17. The molecule has 1 atom stereocenters. The van der Waals surface area contributed by atoms with Crippen molar-refractivity contribution in [3.63, 3.8) is 0 Å². The van der Waals surface area contributed by atoms with E-state index in [0.717, 1.165) is 23.4 Å². The molecule has 126 valence electrons. The molecule has 0 aliphatic carbocycles. The molecular weight excluding hydrogens is 300 g/mol. The molecule has 4 nitrogen and oxygen atoms in total. The molecule has 0 saturated heterocycles. The monoisotopic (exact) mass is 324 g/mol. The third-order valence-corrected chi connectivity index (χ3v) is 4.47. The number of carbonyl (C=O) groups is 1. The number of para-hydroxylation sites is 1. The third-order valence-electron chi connectivity index (χ3n) is 4.47. The Morgan fingerprint density at radius 1 is 1.04 bits per heavy atom. The summed E-state index contributed by atoms with van der Waals surface area (Å²) in [6.45, 7) is 3.74. The van der Waals surface area contributed by atoms with Crippen molar-refractivity contribution in [2.45, 2.75) is 19.1 Å². The fourth-order valence-corrected chi connectivity index (χ4v) is 3.09. The van der Waals surface area contributed by atoms with Gasteiger partial charge in [-0.1, -0.05) is 48.5 Å². The molecular formula is C20H24N2O2. The second kappa shape index (κ2) is 6.75. The van der Waals surface area contributed by atoms with Gasteiger partial charge in [-0.25, -0.2) is 0 Å². The van der Waals surface area contributed by atoms with Crippen molar-refractivity contribution in [1.29, 1.82) is 0 Å². The Labute approximate surface area is 143 Å². The van der Waals surface area contributed by atoms with Crippen molar-refractivity contribution in [2.24, 2.45) is 0 Å². The maximum Gasteiger partial charge on any atom is 0.263 e. The van der Waals surface area contributed by atoms with E-state index in [4.69, 9.17) is 4.74 Å². The first-order chi connectivity index (χ1) is 11.5. The summed E-state index contributed by atoms with van der Waals surface area (Å²) in [6.07, 6.45) is 0. The Bertz CT molecular complexity index is 715. The van der Waals surface area contributed by atoms with E-state index >= 15 is 0 Å². The van der Waals surface area contributed by atoms with Gasteiger partial charge in [0.05, 0.1) is 18.8 Å². The zero-order valence-electron chi connectivity index (χ0n) is 14.5. The highest BCUT2D eigenvalue weighted by molar-refractivity contribution is 6.06. The molecule has 0 saturated carbocycles. The van der Waals surface area contributed by atoms with Gasteiger partial charge < -0.3 is 14.5 Å². The molecule has 0 aromatic heterocycles. The molecule has 2 aromatic carbocycles. The highest BCUT2D eigenvalue weighted by Gasteiger charge is 2.48. The molecule has 1 amide bonds. The number of hydrogen-bond donors (Lipinski definition) is 0. The van der Waals surface area contributed by atoms with Crippen molar-refractivity contribution in [3.8, 4) is 0 Å². The molecule has 0 fully saturated rings. The second-order valence-electron chi connectivity index (χ2n) is 6.58. The highest BCUT2D eigenvalue weighted by atomic mass is 16.5. The minimum atomic E-state index is -0.915. The Morgan fingerprint density at radius 3 is 2.42 bits per heavy atom. The largest absolute Gasteiger partial charge is 0.359 e. The van der Waals surface area contributed by atoms with Gasteiger partial charge in [0.1, 0.15) is 0 Å². The number of fused-ring (bicyclic) bond motifs is 1. The van der Waals surface area contributed by atoms with Gasteiger partial charge in [0.25, 0.3) is 5.91 Å². The van der Waals surface area contributed by atoms with Gasteiger partial charge in [0, 0.05) is 12.1 Å². The van der Waals surface area contributed by atoms with Gasteiger partial charge >= 0.3 is 0 Å². The smallest absolute Gasteiger partial charge is 0.263 e. The maximum atomic E-state index is 13.2. The molecule has 1 aliphatic heterocycles. The van der Waals surface area contributed by atoms with Crippen molar-refractivity contribution in [2.75, 3.05) is 32.1 Å². The molecule has 0 spiro atoms. The maximum absolute atomic E-state index is 13.2. The van der Waals surface area contributed by atoms with Crippen LogP contribution in [0.5, 0.6) is 0 Å². The van der Waals surface area contributed by atoms with Gasteiger partial charge in [0.15, 0.2) is 5.60 Å². The molecule has 0 bridgehead atoms. The molecule has 1 aliphatic rings. The van der Waals surface area contributed by atoms with Crippen LogP contribution in [0, 0.1) is 0 Å². The normalized spacial score (nSPS) is 19.8. The molecule has 4 heteroatoms. The van der Waals surface area contributed by atoms with E-state index in [2.05, 4.69) is 4.90 Å². The Balaban J connectivity index is 1.88. The van der Waals surface area contributed by atoms with Crippen LogP contribution in [-0.4, -0.2) is 38.1 Å². The number of benzene rings is 2. The number of hydrogen-bond acceptors (Lipinski definition) is 3. The van der Waals surface area contributed by atoms with Crippen LogP contribution in [0.1, 0.15) is 18.1 Å². The number of carbonyl (C=O) groups excluding carboxylic acids is 1. The summed E-state index contributed by atoms with van der Waals surface area (Å²) in [4.78, 5) is 17.0. The summed E-state index contributed by atoms with van der Waals surface area (Å²) in [6, 6.07) is 18.0. The predicted molar refractivity (Wildman–Crippen MR) is 95.9 cm³/mol. The van der Waals surface area contributed by atoms with Gasteiger partial charge in [-0.05, 0) is 32.6 Å². The topological polar surface area (TPSA) is 32.8 Å². The average molecular weight is 324 g/mol. The summed E-state index contributed by atoms with van der Waals surface area (Å²) >= 11 is 0. The molecule has 3 rings (SSSR count). The van der Waals surface area contributed by atoms with Crippen LogP contribution in [0.2, 0.25) is 0 Å². The summed E-state index contributed by atoms with van der Waals surface area (Å²) in [5.74, 6) is 0.00584. The van der Waals surface area contributed by atoms with Crippen molar-refractivity contribution in [1.82, 2.24) is 4.90 Å². The van der Waals surface area contributed by atoms with E-state index in [-0.39, 0.29) is 5.91 Å². The van der Waals surface area contributed by atoms with Crippen LogP contribution in [0.4, 0.5) is 5.69 Å². The zero-order valence-corrected chi connectivity index (χ0v) is 14.5. The summed E-state index contributed by atoms with van der Waals surface area (Å²) in [7, 11) is 4.00. The highest BCUT2D eigenvalue weighted by Crippen LogP contribution is 2.43. The van der Waals surface area contributed by atoms with Crippen LogP contribution in [-0.2, 0) is 21.7 Å². The average Bonchev–Trinajstić information content (AvgIpc) is 2.78. The molecule has 24 heavy (non-hydrogen) atoms. The van der Waals surface area contributed by atoms with Crippen molar-refractivity contribution >= 4 is 11.6 Å². The van der Waals surface area contributed by atoms with E-state index in [1.165, 1.54) is 0 Å². The fourth-order valence-electron chi connectivity index (χ4n) is 3.09. The number of amides is 1. The first-order valence-electron chi connectivity index (χ1n) is 8.26. The number of ether oxygens (including phenoxy) is 1.